The predicted molar refractivity (Wildman–Crippen MR) is 26.3 cm³/mol. The molecule has 0 aliphatic heterocycles. The summed E-state index contributed by atoms with van der Waals surface area (Å²) in [6.07, 6.45) is 0. The van der Waals surface area contributed by atoms with Crippen LogP contribution in [0.5, 0.6) is 0 Å². The van der Waals surface area contributed by atoms with Crippen molar-refractivity contribution < 1.29 is 42.2 Å². The Bertz CT molecular complexity index is 98.6. The van der Waals surface area contributed by atoms with Crippen LogP contribution in [-0.2, 0) is 42.2 Å². The maximum absolute atomic E-state index is 10.1. The fourth-order valence-corrected chi connectivity index (χ4v) is 0.123. The predicted octanol–water partition coefficient (Wildman–Crippen LogP) is 0.895. The third kappa shape index (κ3) is 4.47. The van der Waals surface area contributed by atoms with Crippen LogP contribution in [0.4, 0.5) is 0 Å². The van der Waals surface area contributed by atoms with E-state index in [4.69, 9.17) is 0 Å². The van der Waals surface area contributed by atoms with Gasteiger partial charge < -0.3 is 4.74 Å². The van der Waals surface area contributed by atoms with Gasteiger partial charge >= 0.3 is 38.7 Å². The second kappa shape index (κ2) is 5.45. The molecular weight excluding hydrogens is 181 g/mol. The fourth-order valence-electron chi connectivity index (χ4n) is 0.123. The van der Waals surface area contributed by atoms with Crippen LogP contribution < -0.4 is 0 Å². The third-order valence-corrected chi connectivity index (χ3v) is 0.480. The van der Waals surface area contributed by atoms with Gasteiger partial charge in [0.2, 0.25) is 0 Å². The fraction of sp³-hybridized carbons (Fsp3) is 0.200. The Kier molecular flexibility index (Phi) is 7.60. The van der Waals surface area contributed by atoms with Crippen LogP contribution in [0.15, 0.2) is 12.2 Å². The number of hydrogen-bond donors (Lipinski definition) is 0. The van der Waals surface area contributed by atoms with Gasteiger partial charge in [0, 0.05) is 5.57 Å². The standard InChI is InChI=1S/C5H7O2.Y/c1-4(2)5(6)7-3;/h1,3H2,2H3;/q-1;+3. The number of esters is 1. The van der Waals surface area contributed by atoms with Gasteiger partial charge in [-0.05, 0) is 6.92 Å². The minimum Gasteiger partial charge on any atom is -0.637 e. The van der Waals surface area contributed by atoms with Crippen LogP contribution in [0.3, 0.4) is 0 Å². The van der Waals surface area contributed by atoms with Crippen molar-refractivity contribution in [1.82, 2.24) is 0 Å². The second-order valence-electron chi connectivity index (χ2n) is 1.21. The molecule has 2 nitrogen and oxygen atoms in total. The maximum atomic E-state index is 10.1. The summed E-state index contributed by atoms with van der Waals surface area (Å²) >= 11 is 0. The normalized spacial score (nSPS) is 6.75. The minimum absolute atomic E-state index is 0. The number of carbonyl (C=O) groups excluding carboxylic acids is 1. The van der Waals surface area contributed by atoms with E-state index in [1.165, 1.54) is 0 Å². The van der Waals surface area contributed by atoms with E-state index in [0.717, 1.165) is 0 Å². The zero-order chi connectivity index (χ0) is 5.86. The Labute approximate surface area is 74.2 Å². The number of ether oxygens (including phenoxy) is 1. The van der Waals surface area contributed by atoms with Crippen LogP contribution in [0.25, 0.3) is 0 Å². The summed E-state index contributed by atoms with van der Waals surface area (Å²) in [6.45, 7) is 4.87. The second-order valence-corrected chi connectivity index (χ2v) is 1.21. The van der Waals surface area contributed by atoms with E-state index in [1.807, 2.05) is 0 Å². The molecule has 0 amide bonds. The zero-order valence-corrected chi connectivity index (χ0v) is 7.65. The van der Waals surface area contributed by atoms with Gasteiger partial charge in [0.25, 0.3) is 0 Å². The molecule has 40 valence electrons. The van der Waals surface area contributed by atoms with Crippen molar-refractivity contribution in [2.75, 3.05) is 0 Å². The molecule has 3 heteroatoms. The molecule has 0 aromatic rings. The van der Waals surface area contributed by atoms with E-state index < -0.39 is 5.97 Å². The molecule has 0 unspecified atom stereocenters. The van der Waals surface area contributed by atoms with E-state index in [9.17, 15) is 4.79 Å². The van der Waals surface area contributed by atoms with Gasteiger partial charge in [-0.15, -0.1) is 0 Å². The molecule has 0 saturated heterocycles. The van der Waals surface area contributed by atoms with Crippen molar-refractivity contribution in [3.8, 4) is 0 Å². The van der Waals surface area contributed by atoms with Crippen molar-refractivity contribution in [3.63, 3.8) is 0 Å². The van der Waals surface area contributed by atoms with Crippen molar-refractivity contribution >= 4 is 5.97 Å². The Balaban J connectivity index is 0. The van der Waals surface area contributed by atoms with Gasteiger partial charge in [-0.25, -0.2) is 4.79 Å². The average molecular weight is 188 g/mol. The van der Waals surface area contributed by atoms with E-state index >= 15 is 0 Å². The first kappa shape index (κ1) is 11.2. The van der Waals surface area contributed by atoms with Gasteiger partial charge in [0.05, 0.1) is 0 Å². The largest absolute Gasteiger partial charge is 3.00 e. The quantitative estimate of drug-likeness (QED) is 0.347. The number of carbonyl (C=O) groups is 1. The molecule has 0 atom stereocenters. The molecule has 0 aromatic heterocycles. The van der Waals surface area contributed by atoms with E-state index in [1.54, 1.807) is 6.92 Å². The Hall–Kier alpha value is 0.314. The summed E-state index contributed by atoms with van der Waals surface area (Å²) in [4.78, 5) is 10.1. The zero-order valence-electron chi connectivity index (χ0n) is 4.81. The summed E-state index contributed by atoms with van der Waals surface area (Å²) in [5.41, 5.74) is 0.370. The topological polar surface area (TPSA) is 26.3 Å². The summed E-state index contributed by atoms with van der Waals surface area (Å²) in [7, 11) is 2.90. The summed E-state index contributed by atoms with van der Waals surface area (Å²) in [5.74, 6) is -0.458. The number of hydrogen-bond acceptors (Lipinski definition) is 2. The molecule has 0 fully saturated rings. The molecule has 0 N–H and O–H groups in total. The van der Waals surface area contributed by atoms with E-state index in [2.05, 4.69) is 18.4 Å². The van der Waals surface area contributed by atoms with Crippen molar-refractivity contribution in [2.45, 2.75) is 6.92 Å². The molecule has 0 aliphatic carbocycles. The minimum atomic E-state index is -0.458. The smallest absolute Gasteiger partial charge is 0.637 e. The van der Waals surface area contributed by atoms with E-state index in [0.29, 0.717) is 5.57 Å². The molecular formula is C5H7O2Y+2. The van der Waals surface area contributed by atoms with Gasteiger partial charge in [0.15, 0.2) is 0 Å². The van der Waals surface area contributed by atoms with Gasteiger partial charge in [-0.2, -0.15) is 7.11 Å². The van der Waals surface area contributed by atoms with Crippen LogP contribution in [0.2, 0.25) is 0 Å². The summed E-state index contributed by atoms with van der Waals surface area (Å²) < 4.78 is 4.02. The van der Waals surface area contributed by atoms with E-state index in [-0.39, 0.29) is 32.7 Å². The van der Waals surface area contributed by atoms with Gasteiger partial charge in [0.1, 0.15) is 0 Å². The Morgan fingerprint density at radius 3 is 2.12 bits per heavy atom. The Morgan fingerprint density at radius 2 is 2.12 bits per heavy atom. The van der Waals surface area contributed by atoms with Crippen LogP contribution >= 0.6 is 0 Å². The average Bonchev–Trinajstić information content (AvgIpc) is 1.65. The van der Waals surface area contributed by atoms with Gasteiger partial charge in [-0.1, -0.05) is 6.58 Å². The summed E-state index contributed by atoms with van der Waals surface area (Å²) in [5, 5.41) is 0. The van der Waals surface area contributed by atoms with Gasteiger partial charge in [-0.3, -0.25) is 0 Å². The molecule has 8 heavy (non-hydrogen) atoms. The van der Waals surface area contributed by atoms with Crippen molar-refractivity contribution in [2.24, 2.45) is 0 Å². The van der Waals surface area contributed by atoms with Crippen LogP contribution in [0, 0.1) is 7.11 Å². The molecule has 0 rings (SSSR count). The molecule has 0 aromatic carbocycles. The summed E-state index contributed by atoms with van der Waals surface area (Å²) in [6, 6.07) is 0. The number of rotatable bonds is 1. The maximum Gasteiger partial charge on any atom is 3.00 e. The molecule has 0 saturated carbocycles. The SMILES string of the molecule is C=C(C)C(=O)O[CH2-].[Y+3]. The Morgan fingerprint density at radius 1 is 1.75 bits per heavy atom. The van der Waals surface area contributed by atoms with Crippen LogP contribution in [0.1, 0.15) is 6.92 Å². The molecule has 0 heterocycles. The first-order valence-electron chi connectivity index (χ1n) is 1.80. The first-order valence-corrected chi connectivity index (χ1v) is 1.80. The molecule has 0 spiro atoms. The monoisotopic (exact) mass is 188 g/mol. The molecule has 0 bridgehead atoms. The molecule has 0 aliphatic rings. The third-order valence-electron chi connectivity index (χ3n) is 0.480. The van der Waals surface area contributed by atoms with Crippen molar-refractivity contribution in [3.05, 3.63) is 19.3 Å². The first-order chi connectivity index (χ1) is 3.18. The molecule has 0 radical (unpaired) electrons. The van der Waals surface area contributed by atoms with Crippen LogP contribution in [-0.4, -0.2) is 5.97 Å². The van der Waals surface area contributed by atoms with Crippen molar-refractivity contribution in [1.29, 1.82) is 0 Å².